The maximum Gasteiger partial charge on any atom is 0.170 e. The van der Waals surface area contributed by atoms with Gasteiger partial charge in [0.15, 0.2) is 5.78 Å². The Morgan fingerprint density at radius 1 is 1.25 bits per heavy atom. The van der Waals surface area contributed by atoms with Crippen LogP contribution in [-0.2, 0) is 0 Å². The summed E-state index contributed by atoms with van der Waals surface area (Å²) in [4.78, 5) is 12.2. The number of ether oxygens (including phenoxy) is 1. The Hall–Kier alpha value is -1.52. The molecule has 0 spiro atoms. The fourth-order valence-electron chi connectivity index (χ4n) is 2.21. The predicted molar refractivity (Wildman–Crippen MR) is 79.6 cm³/mol. The van der Waals surface area contributed by atoms with Gasteiger partial charge >= 0.3 is 0 Å². The number of halogens is 2. The smallest absolute Gasteiger partial charge is 0.170 e. The molecule has 0 saturated heterocycles. The van der Waals surface area contributed by atoms with Gasteiger partial charge in [0, 0.05) is 4.47 Å². The molecule has 0 bridgehead atoms. The maximum atomic E-state index is 12.2. The number of carbonyl (C=O) groups excluding carboxylic acids is 1. The lowest BCUT2D eigenvalue weighted by molar-refractivity contribution is 0.0850. The van der Waals surface area contributed by atoms with Crippen LogP contribution in [0.25, 0.3) is 0 Å². The molecule has 1 unspecified atom stereocenters. The zero-order chi connectivity index (χ0) is 14.3. The highest BCUT2D eigenvalue weighted by molar-refractivity contribution is 9.10. The van der Waals surface area contributed by atoms with Gasteiger partial charge in [0.1, 0.15) is 17.6 Å². The van der Waals surface area contributed by atoms with Crippen molar-refractivity contribution < 1.29 is 14.6 Å². The Morgan fingerprint density at radius 2 is 2.05 bits per heavy atom. The van der Waals surface area contributed by atoms with E-state index in [4.69, 9.17) is 16.3 Å². The largest absolute Gasteiger partial charge is 0.506 e. The van der Waals surface area contributed by atoms with Crippen LogP contribution in [0.15, 0.2) is 40.9 Å². The van der Waals surface area contributed by atoms with Gasteiger partial charge < -0.3 is 9.84 Å². The molecule has 0 fully saturated rings. The molecule has 0 aromatic heterocycles. The highest BCUT2D eigenvalue weighted by atomic mass is 79.9. The molecule has 20 heavy (non-hydrogen) atoms. The van der Waals surface area contributed by atoms with Crippen molar-refractivity contribution in [1.29, 1.82) is 0 Å². The van der Waals surface area contributed by atoms with Gasteiger partial charge in [-0.3, -0.25) is 4.79 Å². The van der Waals surface area contributed by atoms with Gasteiger partial charge in [-0.2, -0.15) is 0 Å². The Balaban J connectivity index is 1.98. The first kappa shape index (κ1) is 13.5. The number of ketones is 1. The van der Waals surface area contributed by atoms with E-state index in [9.17, 15) is 9.90 Å². The van der Waals surface area contributed by atoms with Crippen LogP contribution in [0, 0.1) is 0 Å². The Morgan fingerprint density at radius 3 is 2.80 bits per heavy atom. The van der Waals surface area contributed by atoms with Crippen LogP contribution in [0.1, 0.15) is 28.4 Å². The van der Waals surface area contributed by atoms with Gasteiger partial charge in [-0.05, 0) is 35.9 Å². The number of carbonyl (C=O) groups is 1. The van der Waals surface area contributed by atoms with E-state index in [2.05, 4.69) is 15.9 Å². The Bertz CT molecular complexity index is 700. The first-order chi connectivity index (χ1) is 9.54. The molecule has 1 aliphatic rings. The second-order valence-corrected chi connectivity index (χ2v) is 5.91. The van der Waals surface area contributed by atoms with Gasteiger partial charge in [-0.15, -0.1) is 0 Å². The molecule has 0 aliphatic carbocycles. The number of phenolic OH excluding ortho intramolecular Hbond substituents is 1. The summed E-state index contributed by atoms with van der Waals surface area (Å²) in [6, 6.07) is 10.2. The number of hydrogen-bond acceptors (Lipinski definition) is 3. The van der Waals surface area contributed by atoms with E-state index in [1.165, 1.54) is 6.07 Å². The third-order valence-corrected chi connectivity index (χ3v) is 4.02. The lowest BCUT2D eigenvalue weighted by atomic mass is 9.96. The summed E-state index contributed by atoms with van der Waals surface area (Å²) in [6.45, 7) is 0. The minimum atomic E-state index is -0.387. The summed E-state index contributed by atoms with van der Waals surface area (Å²) in [5.41, 5.74) is 1.36. The zero-order valence-corrected chi connectivity index (χ0v) is 12.6. The summed E-state index contributed by atoms with van der Waals surface area (Å²) < 4.78 is 6.73. The first-order valence-electron chi connectivity index (χ1n) is 6.02. The molecule has 2 aromatic rings. The van der Waals surface area contributed by atoms with E-state index in [1.54, 1.807) is 24.3 Å². The summed E-state index contributed by atoms with van der Waals surface area (Å²) in [6.07, 6.45) is -0.127. The molecule has 3 nitrogen and oxygen atoms in total. The molecule has 0 saturated carbocycles. The second-order valence-electron chi connectivity index (χ2n) is 4.59. The molecule has 1 N–H and O–H groups in total. The molecule has 3 rings (SSSR count). The fraction of sp³-hybridized carbons (Fsp3) is 0.133. The lowest BCUT2D eigenvalue weighted by Gasteiger charge is -2.25. The van der Waals surface area contributed by atoms with Gasteiger partial charge in [-0.1, -0.05) is 33.6 Å². The summed E-state index contributed by atoms with van der Waals surface area (Å²) in [5.74, 6) is 0.610. The van der Waals surface area contributed by atoms with Crippen LogP contribution in [0.4, 0.5) is 0 Å². The van der Waals surface area contributed by atoms with Crippen LogP contribution in [-0.4, -0.2) is 10.9 Å². The number of Topliss-reactive ketones (excluding diaryl/α,β-unsaturated/α-hetero) is 1. The Labute approximate surface area is 129 Å². The topological polar surface area (TPSA) is 46.5 Å². The van der Waals surface area contributed by atoms with Crippen molar-refractivity contribution in [3.63, 3.8) is 0 Å². The van der Waals surface area contributed by atoms with Crippen LogP contribution in [0.3, 0.4) is 0 Å². The average Bonchev–Trinajstić information content (AvgIpc) is 2.41. The molecule has 2 aromatic carbocycles. The van der Waals surface area contributed by atoms with Gasteiger partial charge in [0.05, 0.1) is 17.0 Å². The number of phenols is 1. The van der Waals surface area contributed by atoms with Crippen molar-refractivity contribution in [2.75, 3.05) is 0 Å². The third kappa shape index (κ3) is 2.41. The Kier molecular flexibility index (Phi) is 3.44. The van der Waals surface area contributed by atoms with E-state index in [0.29, 0.717) is 11.3 Å². The molecule has 5 heteroatoms. The zero-order valence-electron chi connectivity index (χ0n) is 10.3. The normalized spacial score (nSPS) is 17.5. The number of hydrogen-bond donors (Lipinski definition) is 1. The van der Waals surface area contributed by atoms with E-state index in [1.807, 2.05) is 6.07 Å². The monoisotopic (exact) mass is 352 g/mol. The van der Waals surface area contributed by atoms with Crippen LogP contribution in [0.2, 0.25) is 5.02 Å². The SMILES string of the molecule is O=C1CC(c2ccc(O)c(Cl)c2)Oc2cc(Br)ccc21. The van der Waals surface area contributed by atoms with Crippen molar-refractivity contribution >= 4 is 33.3 Å². The number of fused-ring (bicyclic) bond motifs is 1. The number of benzene rings is 2. The molecule has 1 aliphatic heterocycles. The third-order valence-electron chi connectivity index (χ3n) is 3.23. The van der Waals surface area contributed by atoms with Crippen molar-refractivity contribution in [3.8, 4) is 11.5 Å². The van der Waals surface area contributed by atoms with Gasteiger partial charge in [0.2, 0.25) is 0 Å². The predicted octanol–water partition coefficient (Wildman–Crippen LogP) is 4.51. The standard InChI is InChI=1S/C15H10BrClO3/c16-9-2-3-10-13(19)7-14(20-15(10)6-9)8-1-4-12(18)11(17)5-8/h1-6,14,18H,7H2. The molecule has 1 atom stereocenters. The highest BCUT2D eigenvalue weighted by Crippen LogP contribution is 2.38. The number of aromatic hydroxyl groups is 1. The second kappa shape index (κ2) is 5.11. The molecule has 1 heterocycles. The quantitative estimate of drug-likeness (QED) is 0.820. The van der Waals surface area contributed by atoms with Crippen molar-refractivity contribution in [2.45, 2.75) is 12.5 Å². The van der Waals surface area contributed by atoms with Crippen molar-refractivity contribution in [2.24, 2.45) is 0 Å². The average molecular weight is 354 g/mol. The molecule has 0 amide bonds. The van der Waals surface area contributed by atoms with E-state index < -0.39 is 0 Å². The fourth-order valence-corrected chi connectivity index (χ4v) is 2.74. The summed E-state index contributed by atoms with van der Waals surface area (Å²) in [7, 11) is 0. The summed E-state index contributed by atoms with van der Waals surface area (Å²) >= 11 is 9.26. The van der Waals surface area contributed by atoms with Crippen LogP contribution in [0.5, 0.6) is 11.5 Å². The molecular formula is C15H10BrClO3. The highest BCUT2D eigenvalue weighted by Gasteiger charge is 2.28. The van der Waals surface area contributed by atoms with Crippen molar-refractivity contribution in [3.05, 3.63) is 57.0 Å². The van der Waals surface area contributed by atoms with E-state index in [0.717, 1.165) is 10.0 Å². The lowest BCUT2D eigenvalue weighted by Crippen LogP contribution is -2.20. The first-order valence-corrected chi connectivity index (χ1v) is 7.19. The minimum absolute atomic E-state index is 0.0145. The summed E-state index contributed by atoms with van der Waals surface area (Å²) in [5, 5.41) is 9.69. The van der Waals surface area contributed by atoms with Crippen molar-refractivity contribution in [1.82, 2.24) is 0 Å². The maximum absolute atomic E-state index is 12.2. The minimum Gasteiger partial charge on any atom is -0.506 e. The van der Waals surface area contributed by atoms with E-state index in [-0.39, 0.29) is 29.1 Å². The van der Waals surface area contributed by atoms with Gasteiger partial charge in [0.25, 0.3) is 0 Å². The molecular weight excluding hydrogens is 344 g/mol. The van der Waals surface area contributed by atoms with E-state index >= 15 is 0 Å². The van der Waals surface area contributed by atoms with Crippen LogP contribution >= 0.6 is 27.5 Å². The van der Waals surface area contributed by atoms with Gasteiger partial charge in [-0.25, -0.2) is 0 Å². The molecule has 102 valence electrons. The number of rotatable bonds is 1. The van der Waals surface area contributed by atoms with Crippen LogP contribution < -0.4 is 4.74 Å². The molecule has 0 radical (unpaired) electrons.